The SMILES string of the molecule is O=C(C=Cc1cnn(-c2ccccc2)c1)NCc1cc2ccccc2[nH]1. The van der Waals surface area contributed by atoms with Crippen LogP contribution in [0.15, 0.2) is 79.1 Å². The molecule has 0 unspecified atom stereocenters. The maximum Gasteiger partial charge on any atom is 0.244 e. The number of carbonyl (C=O) groups is 1. The highest BCUT2D eigenvalue weighted by atomic mass is 16.1. The van der Waals surface area contributed by atoms with Gasteiger partial charge in [0.1, 0.15) is 0 Å². The van der Waals surface area contributed by atoms with Gasteiger partial charge in [-0.05, 0) is 35.7 Å². The number of aromatic amines is 1. The predicted octanol–water partition coefficient (Wildman–Crippen LogP) is 3.68. The average Bonchev–Trinajstić information content (AvgIpc) is 3.32. The summed E-state index contributed by atoms with van der Waals surface area (Å²) in [7, 11) is 0. The standard InChI is InChI=1S/C21H18N4O/c26-21(22-14-18-12-17-6-4-5-9-20(17)24-18)11-10-16-13-23-25(15-16)19-7-2-1-3-8-19/h1-13,15,24H,14H2,(H,22,26). The van der Waals surface area contributed by atoms with E-state index >= 15 is 0 Å². The number of aromatic nitrogens is 3. The van der Waals surface area contributed by atoms with Gasteiger partial charge in [0.15, 0.2) is 0 Å². The third kappa shape index (κ3) is 3.57. The van der Waals surface area contributed by atoms with Gasteiger partial charge >= 0.3 is 0 Å². The number of hydrogen-bond donors (Lipinski definition) is 2. The van der Waals surface area contributed by atoms with Crippen molar-refractivity contribution < 1.29 is 4.79 Å². The summed E-state index contributed by atoms with van der Waals surface area (Å²) in [4.78, 5) is 15.3. The molecule has 0 aliphatic heterocycles. The predicted molar refractivity (Wildman–Crippen MR) is 103 cm³/mol. The van der Waals surface area contributed by atoms with Crippen LogP contribution in [0.5, 0.6) is 0 Å². The van der Waals surface area contributed by atoms with Gasteiger partial charge in [-0.25, -0.2) is 4.68 Å². The molecule has 0 saturated carbocycles. The van der Waals surface area contributed by atoms with Crippen LogP contribution < -0.4 is 5.32 Å². The molecule has 2 N–H and O–H groups in total. The van der Waals surface area contributed by atoms with Crippen LogP contribution in [0.4, 0.5) is 0 Å². The first-order valence-corrected chi connectivity index (χ1v) is 8.40. The summed E-state index contributed by atoms with van der Waals surface area (Å²) < 4.78 is 1.78. The van der Waals surface area contributed by atoms with Gasteiger partial charge in [-0.1, -0.05) is 36.4 Å². The summed E-state index contributed by atoms with van der Waals surface area (Å²) in [5, 5.41) is 8.33. The third-order valence-corrected chi connectivity index (χ3v) is 4.09. The summed E-state index contributed by atoms with van der Waals surface area (Å²) in [6, 6.07) is 19.9. The van der Waals surface area contributed by atoms with Crippen molar-refractivity contribution in [2.24, 2.45) is 0 Å². The Morgan fingerprint density at radius 2 is 1.92 bits per heavy atom. The van der Waals surface area contributed by atoms with E-state index in [1.807, 2.05) is 66.9 Å². The molecule has 0 aliphatic rings. The highest BCUT2D eigenvalue weighted by molar-refractivity contribution is 5.91. The Morgan fingerprint density at radius 1 is 1.12 bits per heavy atom. The Hall–Kier alpha value is -3.60. The van der Waals surface area contributed by atoms with Crippen LogP contribution in [0.3, 0.4) is 0 Å². The highest BCUT2D eigenvalue weighted by Gasteiger charge is 2.02. The maximum atomic E-state index is 12.0. The van der Waals surface area contributed by atoms with Gasteiger partial charge in [-0.2, -0.15) is 5.10 Å². The molecular formula is C21H18N4O. The third-order valence-electron chi connectivity index (χ3n) is 4.09. The number of H-pyrrole nitrogens is 1. The number of rotatable bonds is 5. The van der Waals surface area contributed by atoms with E-state index in [-0.39, 0.29) is 5.91 Å². The van der Waals surface area contributed by atoms with Crippen LogP contribution in [-0.2, 0) is 11.3 Å². The molecule has 128 valence electrons. The summed E-state index contributed by atoms with van der Waals surface area (Å²) in [5.74, 6) is -0.142. The molecule has 0 radical (unpaired) electrons. The molecule has 0 saturated heterocycles. The normalized spacial score (nSPS) is 11.2. The molecule has 0 spiro atoms. The lowest BCUT2D eigenvalue weighted by Gasteiger charge is -1.99. The number of fused-ring (bicyclic) bond motifs is 1. The molecular weight excluding hydrogens is 324 g/mol. The molecule has 5 heteroatoms. The van der Waals surface area contributed by atoms with Gasteiger partial charge in [0, 0.05) is 29.0 Å². The Balaban J connectivity index is 1.36. The Bertz CT molecular complexity index is 1030. The van der Waals surface area contributed by atoms with Crippen LogP contribution in [-0.4, -0.2) is 20.7 Å². The largest absolute Gasteiger partial charge is 0.357 e. The average molecular weight is 342 g/mol. The number of nitrogens with one attached hydrogen (secondary N) is 2. The van der Waals surface area contributed by atoms with Crippen molar-refractivity contribution in [1.29, 1.82) is 0 Å². The molecule has 2 heterocycles. The molecule has 0 atom stereocenters. The van der Waals surface area contributed by atoms with E-state index in [4.69, 9.17) is 0 Å². The minimum Gasteiger partial charge on any atom is -0.357 e. The number of benzene rings is 2. The molecule has 26 heavy (non-hydrogen) atoms. The maximum absolute atomic E-state index is 12.0. The summed E-state index contributed by atoms with van der Waals surface area (Å²) in [6.07, 6.45) is 6.90. The van der Waals surface area contributed by atoms with E-state index in [2.05, 4.69) is 15.4 Å². The van der Waals surface area contributed by atoms with Gasteiger partial charge in [-0.3, -0.25) is 4.79 Å². The van der Waals surface area contributed by atoms with E-state index in [0.29, 0.717) is 6.54 Å². The second-order valence-corrected chi connectivity index (χ2v) is 5.99. The molecule has 0 bridgehead atoms. The van der Waals surface area contributed by atoms with Gasteiger partial charge in [-0.15, -0.1) is 0 Å². The molecule has 2 aromatic carbocycles. The molecule has 4 aromatic rings. The van der Waals surface area contributed by atoms with Crippen LogP contribution in [0, 0.1) is 0 Å². The topological polar surface area (TPSA) is 62.7 Å². The Morgan fingerprint density at radius 3 is 2.77 bits per heavy atom. The first-order valence-electron chi connectivity index (χ1n) is 8.40. The molecule has 0 aliphatic carbocycles. The van der Waals surface area contributed by atoms with Crippen LogP contribution in [0.25, 0.3) is 22.7 Å². The van der Waals surface area contributed by atoms with Crippen molar-refractivity contribution in [1.82, 2.24) is 20.1 Å². The monoisotopic (exact) mass is 342 g/mol. The molecule has 0 fully saturated rings. The molecule has 4 rings (SSSR count). The first-order chi connectivity index (χ1) is 12.8. The van der Waals surface area contributed by atoms with Crippen molar-refractivity contribution >= 4 is 22.9 Å². The Kier molecular flexibility index (Phi) is 4.35. The van der Waals surface area contributed by atoms with Gasteiger partial charge in [0.05, 0.1) is 18.4 Å². The van der Waals surface area contributed by atoms with Crippen LogP contribution >= 0.6 is 0 Å². The van der Waals surface area contributed by atoms with Gasteiger partial charge in [0.25, 0.3) is 0 Å². The number of nitrogens with zero attached hydrogens (tertiary/aromatic N) is 2. The van der Waals surface area contributed by atoms with Crippen molar-refractivity contribution in [3.63, 3.8) is 0 Å². The van der Waals surface area contributed by atoms with Crippen molar-refractivity contribution in [2.75, 3.05) is 0 Å². The number of para-hydroxylation sites is 2. The van der Waals surface area contributed by atoms with E-state index in [1.54, 1.807) is 17.0 Å². The first kappa shape index (κ1) is 15.9. The number of carbonyl (C=O) groups excluding carboxylic acids is 1. The molecule has 1 amide bonds. The lowest BCUT2D eigenvalue weighted by Crippen LogP contribution is -2.20. The quantitative estimate of drug-likeness (QED) is 0.544. The lowest BCUT2D eigenvalue weighted by atomic mass is 10.2. The zero-order valence-electron chi connectivity index (χ0n) is 14.1. The minimum atomic E-state index is -0.142. The Labute approximate surface area is 151 Å². The van der Waals surface area contributed by atoms with Crippen molar-refractivity contribution in [2.45, 2.75) is 6.54 Å². The minimum absolute atomic E-state index is 0.142. The van der Waals surface area contributed by atoms with Gasteiger partial charge < -0.3 is 10.3 Å². The zero-order chi connectivity index (χ0) is 17.8. The smallest absolute Gasteiger partial charge is 0.244 e. The van der Waals surface area contributed by atoms with E-state index in [1.165, 1.54) is 6.08 Å². The fraction of sp³-hybridized carbons (Fsp3) is 0.0476. The van der Waals surface area contributed by atoms with E-state index < -0.39 is 0 Å². The number of hydrogen-bond acceptors (Lipinski definition) is 2. The van der Waals surface area contributed by atoms with E-state index in [9.17, 15) is 4.79 Å². The van der Waals surface area contributed by atoms with Gasteiger partial charge in [0.2, 0.25) is 5.91 Å². The van der Waals surface area contributed by atoms with Crippen LogP contribution in [0.1, 0.15) is 11.3 Å². The fourth-order valence-electron chi connectivity index (χ4n) is 2.79. The second-order valence-electron chi connectivity index (χ2n) is 5.99. The summed E-state index contributed by atoms with van der Waals surface area (Å²) in [5.41, 5.74) is 3.90. The van der Waals surface area contributed by atoms with Crippen LogP contribution in [0.2, 0.25) is 0 Å². The zero-order valence-corrected chi connectivity index (χ0v) is 14.1. The highest BCUT2D eigenvalue weighted by Crippen LogP contribution is 2.14. The lowest BCUT2D eigenvalue weighted by molar-refractivity contribution is -0.116. The summed E-state index contributed by atoms with van der Waals surface area (Å²) in [6.45, 7) is 0.459. The molecule has 2 aromatic heterocycles. The summed E-state index contributed by atoms with van der Waals surface area (Å²) >= 11 is 0. The molecule has 5 nitrogen and oxygen atoms in total. The number of amides is 1. The fourth-order valence-corrected chi connectivity index (χ4v) is 2.79. The van der Waals surface area contributed by atoms with Crippen molar-refractivity contribution in [3.05, 3.63) is 90.4 Å². The van der Waals surface area contributed by atoms with Crippen molar-refractivity contribution in [3.8, 4) is 5.69 Å². The second kappa shape index (κ2) is 7.11. The van der Waals surface area contributed by atoms with E-state index in [0.717, 1.165) is 27.8 Å².